The fraction of sp³-hybridized carbons (Fsp3) is 0.118. The second-order valence-electron chi connectivity index (χ2n) is 4.67. The van der Waals surface area contributed by atoms with E-state index in [9.17, 15) is 9.59 Å². The van der Waals surface area contributed by atoms with Crippen molar-refractivity contribution in [2.24, 2.45) is 4.99 Å². The molecule has 0 radical (unpaired) electrons. The summed E-state index contributed by atoms with van der Waals surface area (Å²) < 4.78 is 14.8. The summed E-state index contributed by atoms with van der Waals surface area (Å²) >= 11 is 1.45. The average molecular weight is 343 g/mol. The van der Waals surface area contributed by atoms with Crippen molar-refractivity contribution in [3.63, 3.8) is 0 Å². The number of esters is 1. The Morgan fingerprint density at radius 2 is 2.08 bits per heavy atom. The first-order valence-corrected chi connectivity index (χ1v) is 8.05. The second-order valence-corrected chi connectivity index (χ2v) is 5.62. The lowest BCUT2D eigenvalue weighted by molar-refractivity contribution is -0.129. The molecule has 0 amide bonds. The highest BCUT2D eigenvalue weighted by Crippen LogP contribution is 2.22. The molecule has 0 spiro atoms. The van der Waals surface area contributed by atoms with Crippen molar-refractivity contribution < 1.29 is 23.8 Å². The predicted molar refractivity (Wildman–Crippen MR) is 89.0 cm³/mol. The number of carbonyl (C=O) groups is 2. The van der Waals surface area contributed by atoms with Crippen LogP contribution in [0.15, 0.2) is 52.5 Å². The van der Waals surface area contributed by atoms with Gasteiger partial charge in [0.25, 0.3) is 0 Å². The largest absolute Gasteiger partial charge is 0.513 e. The zero-order chi connectivity index (χ0) is 16.9. The molecule has 0 unspecified atom stereocenters. The fourth-order valence-corrected chi connectivity index (χ4v) is 2.60. The Bertz CT molecular complexity index is 806. The van der Waals surface area contributed by atoms with E-state index in [4.69, 9.17) is 14.2 Å². The van der Waals surface area contributed by atoms with Gasteiger partial charge in [-0.05, 0) is 42.1 Å². The molecule has 2 aromatic rings. The summed E-state index contributed by atoms with van der Waals surface area (Å²) in [6.07, 6.45) is 0.852. The van der Waals surface area contributed by atoms with E-state index < -0.39 is 12.1 Å². The Balaban J connectivity index is 1.74. The highest BCUT2D eigenvalue weighted by molar-refractivity contribution is 7.12. The molecular formula is C17H13NO5S. The summed E-state index contributed by atoms with van der Waals surface area (Å²) in [6, 6.07) is 10.3. The third kappa shape index (κ3) is 3.69. The number of thiophene rings is 1. The molecule has 0 atom stereocenters. The Morgan fingerprint density at radius 3 is 2.75 bits per heavy atom. The second kappa shape index (κ2) is 7.10. The number of benzene rings is 1. The van der Waals surface area contributed by atoms with Crippen molar-refractivity contribution in [3.05, 3.63) is 57.9 Å². The Labute approximate surface area is 142 Å². The molecule has 7 heteroatoms. The van der Waals surface area contributed by atoms with Crippen LogP contribution >= 0.6 is 11.3 Å². The minimum atomic E-state index is -0.756. The standard InChI is InChI=1S/C17H13NO5S/c1-2-21-17(20)22-12-7-5-11(6-8-12)10-13-16(19)23-15(18-13)14-4-3-9-24-14/h3-10H,2H2,1H3/b13-10-. The topological polar surface area (TPSA) is 74.2 Å². The van der Waals surface area contributed by atoms with Crippen molar-refractivity contribution in [3.8, 4) is 5.75 Å². The molecule has 1 aliphatic heterocycles. The lowest BCUT2D eigenvalue weighted by Gasteiger charge is -2.03. The van der Waals surface area contributed by atoms with Gasteiger partial charge in [0.05, 0.1) is 11.5 Å². The molecule has 1 aromatic heterocycles. The maximum absolute atomic E-state index is 11.9. The van der Waals surface area contributed by atoms with Crippen LogP contribution in [0, 0.1) is 0 Å². The molecule has 1 aliphatic rings. The molecule has 1 aromatic carbocycles. The van der Waals surface area contributed by atoms with Crippen LogP contribution in [0.25, 0.3) is 6.08 Å². The van der Waals surface area contributed by atoms with Gasteiger partial charge in [0.15, 0.2) is 5.70 Å². The van der Waals surface area contributed by atoms with Crippen molar-refractivity contribution >= 4 is 35.4 Å². The summed E-state index contributed by atoms with van der Waals surface area (Å²) in [7, 11) is 0. The molecule has 0 fully saturated rings. The Kier molecular flexibility index (Phi) is 4.72. The molecule has 122 valence electrons. The van der Waals surface area contributed by atoms with E-state index in [0.717, 1.165) is 10.4 Å². The normalized spacial score (nSPS) is 15.1. The molecule has 2 heterocycles. The minimum Gasteiger partial charge on any atom is -0.434 e. The van der Waals surface area contributed by atoms with Crippen LogP contribution in [0.3, 0.4) is 0 Å². The number of carbonyl (C=O) groups excluding carboxylic acids is 2. The lowest BCUT2D eigenvalue weighted by atomic mass is 10.2. The predicted octanol–water partition coefficient (Wildman–Crippen LogP) is 3.63. The van der Waals surface area contributed by atoms with Crippen molar-refractivity contribution in [2.45, 2.75) is 6.92 Å². The number of cyclic esters (lactones) is 1. The number of rotatable bonds is 4. The van der Waals surface area contributed by atoms with Gasteiger partial charge in [-0.3, -0.25) is 0 Å². The average Bonchev–Trinajstić information content (AvgIpc) is 3.20. The summed E-state index contributed by atoms with van der Waals surface area (Å²) in [6.45, 7) is 1.94. The van der Waals surface area contributed by atoms with Gasteiger partial charge in [-0.25, -0.2) is 14.6 Å². The summed E-state index contributed by atoms with van der Waals surface area (Å²) in [4.78, 5) is 28.1. The monoisotopic (exact) mass is 343 g/mol. The van der Waals surface area contributed by atoms with Gasteiger partial charge >= 0.3 is 12.1 Å². The summed E-state index contributed by atoms with van der Waals surface area (Å²) in [5.41, 5.74) is 0.951. The third-order valence-electron chi connectivity index (χ3n) is 3.00. The van der Waals surface area contributed by atoms with Crippen molar-refractivity contribution in [1.29, 1.82) is 0 Å². The molecule has 0 aliphatic carbocycles. The van der Waals surface area contributed by atoms with E-state index in [1.807, 2.05) is 17.5 Å². The van der Waals surface area contributed by atoms with Crippen LogP contribution in [0.1, 0.15) is 17.4 Å². The number of hydrogen-bond donors (Lipinski definition) is 0. The van der Waals surface area contributed by atoms with Crippen molar-refractivity contribution in [2.75, 3.05) is 6.61 Å². The van der Waals surface area contributed by atoms with E-state index in [-0.39, 0.29) is 12.3 Å². The molecule has 0 saturated carbocycles. The van der Waals surface area contributed by atoms with Gasteiger partial charge in [0.1, 0.15) is 5.75 Å². The zero-order valence-corrected chi connectivity index (χ0v) is 13.5. The van der Waals surface area contributed by atoms with Gasteiger partial charge in [-0.15, -0.1) is 11.3 Å². The van der Waals surface area contributed by atoms with Crippen LogP contribution < -0.4 is 4.74 Å². The zero-order valence-electron chi connectivity index (χ0n) is 12.7. The Morgan fingerprint density at radius 1 is 1.29 bits per heavy atom. The lowest BCUT2D eigenvalue weighted by Crippen LogP contribution is -2.09. The van der Waals surface area contributed by atoms with E-state index in [0.29, 0.717) is 11.6 Å². The molecule has 0 bridgehead atoms. The van der Waals surface area contributed by atoms with Gasteiger partial charge in [0.2, 0.25) is 5.90 Å². The summed E-state index contributed by atoms with van der Waals surface area (Å²) in [5, 5.41) is 1.88. The number of ether oxygens (including phenoxy) is 3. The highest BCUT2D eigenvalue weighted by atomic mass is 32.1. The van der Waals surface area contributed by atoms with E-state index in [2.05, 4.69) is 4.99 Å². The first-order valence-electron chi connectivity index (χ1n) is 7.17. The van der Waals surface area contributed by atoms with Gasteiger partial charge < -0.3 is 14.2 Å². The molecule has 24 heavy (non-hydrogen) atoms. The highest BCUT2D eigenvalue weighted by Gasteiger charge is 2.24. The van der Waals surface area contributed by atoms with Crippen LogP contribution in [-0.4, -0.2) is 24.6 Å². The van der Waals surface area contributed by atoms with Crippen LogP contribution in [0.5, 0.6) is 5.75 Å². The van der Waals surface area contributed by atoms with Crippen LogP contribution in [-0.2, 0) is 14.3 Å². The quantitative estimate of drug-likeness (QED) is 0.481. The number of nitrogens with zero attached hydrogens (tertiary/aromatic N) is 1. The van der Waals surface area contributed by atoms with Crippen LogP contribution in [0.2, 0.25) is 0 Å². The Hall–Kier alpha value is -2.93. The van der Waals surface area contributed by atoms with E-state index in [1.165, 1.54) is 11.3 Å². The smallest absolute Gasteiger partial charge is 0.434 e. The molecule has 0 saturated heterocycles. The van der Waals surface area contributed by atoms with Crippen molar-refractivity contribution in [1.82, 2.24) is 0 Å². The minimum absolute atomic E-state index is 0.220. The first-order chi connectivity index (χ1) is 11.7. The SMILES string of the molecule is CCOC(=O)Oc1ccc(/C=C2\N=C(c3cccs3)OC2=O)cc1. The maximum Gasteiger partial charge on any atom is 0.513 e. The number of aliphatic imine (C=N–C) groups is 1. The van der Waals surface area contributed by atoms with Crippen LogP contribution in [0.4, 0.5) is 4.79 Å². The third-order valence-corrected chi connectivity index (χ3v) is 3.86. The molecule has 3 rings (SSSR count). The molecule has 6 nitrogen and oxygen atoms in total. The molecular weight excluding hydrogens is 330 g/mol. The van der Waals surface area contributed by atoms with E-state index in [1.54, 1.807) is 37.3 Å². The number of hydrogen-bond acceptors (Lipinski definition) is 7. The summed E-state index contributed by atoms with van der Waals surface area (Å²) in [5.74, 6) is 0.168. The molecule has 0 N–H and O–H groups in total. The first kappa shape index (κ1) is 15.9. The van der Waals surface area contributed by atoms with E-state index >= 15 is 0 Å². The maximum atomic E-state index is 11.9. The fourth-order valence-electron chi connectivity index (χ4n) is 1.95. The van der Waals surface area contributed by atoms with Gasteiger partial charge in [-0.1, -0.05) is 18.2 Å². The van der Waals surface area contributed by atoms with Gasteiger partial charge in [0, 0.05) is 0 Å². The van der Waals surface area contributed by atoms with Gasteiger partial charge in [-0.2, -0.15) is 0 Å².